The van der Waals surface area contributed by atoms with Gasteiger partial charge in [-0.25, -0.2) is 8.42 Å². The summed E-state index contributed by atoms with van der Waals surface area (Å²) in [5, 5.41) is 9.18. The molecule has 0 fully saturated rings. The van der Waals surface area contributed by atoms with Crippen molar-refractivity contribution in [3.8, 4) is 11.1 Å². The van der Waals surface area contributed by atoms with E-state index < -0.39 is 9.84 Å². The van der Waals surface area contributed by atoms with Gasteiger partial charge in [-0.3, -0.25) is 0 Å². The predicted molar refractivity (Wildman–Crippen MR) is 70.9 cm³/mol. The largest absolute Gasteiger partial charge is 0.392 e. The molecule has 0 saturated carbocycles. The van der Waals surface area contributed by atoms with Crippen LogP contribution in [-0.2, 0) is 16.4 Å². The molecule has 2 aromatic rings. The van der Waals surface area contributed by atoms with Gasteiger partial charge in [-0.15, -0.1) is 0 Å². The molecule has 0 bridgehead atoms. The highest BCUT2D eigenvalue weighted by molar-refractivity contribution is 7.90. The molecule has 0 radical (unpaired) electrons. The summed E-state index contributed by atoms with van der Waals surface area (Å²) in [5.41, 5.74) is 2.21. The highest BCUT2D eigenvalue weighted by Crippen LogP contribution is 2.25. The van der Waals surface area contributed by atoms with Gasteiger partial charge in [-0.05, 0) is 22.8 Å². The summed E-state index contributed by atoms with van der Waals surface area (Å²) in [5.74, 6) is 0. The molecule has 0 amide bonds. The van der Waals surface area contributed by atoms with Crippen molar-refractivity contribution < 1.29 is 13.5 Å². The summed E-state index contributed by atoms with van der Waals surface area (Å²) in [6.07, 6.45) is 1.15. The molecule has 0 atom stereocenters. The van der Waals surface area contributed by atoms with Gasteiger partial charge in [0.15, 0.2) is 9.84 Å². The third-order valence-electron chi connectivity index (χ3n) is 2.74. The molecule has 1 N–H and O–H groups in total. The molecular weight excluding hydrogens is 248 g/mol. The highest BCUT2D eigenvalue weighted by Gasteiger charge is 2.13. The fraction of sp³-hybridized carbons (Fsp3) is 0.143. The summed E-state index contributed by atoms with van der Waals surface area (Å²) in [6, 6.07) is 14.6. The minimum Gasteiger partial charge on any atom is -0.392 e. The van der Waals surface area contributed by atoms with Crippen molar-refractivity contribution in [2.45, 2.75) is 11.5 Å². The number of rotatable bonds is 3. The molecule has 18 heavy (non-hydrogen) atoms. The van der Waals surface area contributed by atoms with Gasteiger partial charge < -0.3 is 5.11 Å². The lowest BCUT2D eigenvalue weighted by molar-refractivity contribution is 0.278. The minimum absolute atomic E-state index is 0.186. The molecule has 0 aliphatic carbocycles. The van der Waals surface area contributed by atoms with Crippen molar-refractivity contribution in [1.82, 2.24) is 0 Å². The van der Waals surface area contributed by atoms with Crippen molar-refractivity contribution in [3.63, 3.8) is 0 Å². The first-order valence-corrected chi connectivity index (χ1v) is 7.41. The first-order chi connectivity index (χ1) is 8.52. The molecule has 0 saturated heterocycles. The maximum absolute atomic E-state index is 11.7. The number of aliphatic hydroxyl groups is 1. The van der Waals surface area contributed by atoms with Gasteiger partial charge in [0.05, 0.1) is 11.5 Å². The Labute approximate surface area is 107 Å². The van der Waals surface area contributed by atoms with E-state index in [9.17, 15) is 13.5 Å². The first-order valence-electron chi connectivity index (χ1n) is 5.51. The number of sulfone groups is 1. The average molecular weight is 262 g/mol. The Bertz CT molecular complexity index is 646. The van der Waals surface area contributed by atoms with Crippen LogP contribution in [0.1, 0.15) is 5.56 Å². The molecule has 4 heteroatoms. The van der Waals surface area contributed by atoms with E-state index in [1.54, 1.807) is 12.1 Å². The maximum atomic E-state index is 11.7. The third kappa shape index (κ3) is 2.60. The van der Waals surface area contributed by atoms with Gasteiger partial charge in [-0.1, -0.05) is 42.5 Å². The zero-order valence-electron chi connectivity index (χ0n) is 10.00. The molecule has 0 aliphatic heterocycles. The van der Waals surface area contributed by atoms with E-state index in [0.717, 1.165) is 17.4 Å². The maximum Gasteiger partial charge on any atom is 0.175 e. The minimum atomic E-state index is -3.34. The normalized spacial score (nSPS) is 11.4. The fourth-order valence-corrected chi connectivity index (χ4v) is 2.79. The van der Waals surface area contributed by atoms with Gasteiger partial charge >= 0.3 is 0 Å². The lowest BCUT2D eigenvalue weighted by atomic mass is 10.0. The zero-order chi connectivity index (χ0) is 13.2. The average Bonchev–Trinajstić information content (AvgIpc) is 2.38. The molecule has 3 nitrogen and oxygen atoms in total. The van der Waals surface area contributed by atoms with Crippen LogP contribution in [0.4, 0.5) is 0 Å². The lowest BCUT2D eigenvalue weighted by Crippen LogP contribution is -2.02. The van der Waals surface area contributed by atoms with Crippen molar-refractivity contribution in [1.29, 1.82) is 0 Å². The van der Waals surface area contributed by atoms with Crippen LogP contribution in [0.5, 0.6) is 0 Å². The predicted octanol–water partition coefficient (Wildman–Crippen LogP) is 2.25. The van der Waals surface area contributed by atoms with Crippen molar-refractivity contribution in [2.24, 2.45) is 0 Å². The number of aliphatic hydroxyl groups excluding tert-OH is 1. The summed E-state index contributed by atoms with van der Waals surface area (Å²) in [6.45, 7) is -0.280. The molecular formula is C14H14O3S. The standard InChI is InChI=1S/C14H14O3S/c1-18(16,17)14-9-12(7-8-13(14)10-15)11-5-3-2-4-6-11/h2-9,15H,10H2,1H3. The molecule has 0 heterocycles. The Morgan fingerprint density at radius 3 is 2.22 bits per heavy atom. The molecule has 2 aromatic carbocycles. The first kappa shape index (κ1) is 12.8. The van der Waals surface area contributed by atoms with Crippen LogP contribution in [0.25, 0.3) is 11.1 Å². The second-order valence-electron chi connectivity index (χ2n) is 4.12. The Morgan fingerprint density at radius 1 is 1.00 bits per heavy atom. The highest BCUT2D eigenvalue weighted by atomic mass is 32.2. The zero-order valence-corrected chi connectivity index (χ0v) is 10.8. The van der Waals surface area contributed by atoms with Crippen LogP contribution in [-0.4, -0.2) is 19.8 Å². The summed E-state index contributed by atoms with van der Waals surface area (Å²) < 4.78 is 23.4. The van der Waals surface area contributed by atoms with Crippen LogP contribution < -0.4 is 0 Å². The van der Waals surface area contributed by atoms with Crippen LogP contribution in [0.15, 0.2) is 53.4 Å². The Morgan fingerprint density at radius 2 is 1.67 bits per heavy atom. The quantitative estimate of drug-likeness (QED) is 0.923. The fourth-order valence-electron chi connectivity index (χ4n) is 1.84. The number of hydrogen-bond donors (Lipinski definition) is 1. The van der Waals surface area contributed by atoms with Gasteiger partial charge in [-0.2, -0.15) is 0 Å². The van der Waals surface area contributed by atoms with Crippen LogP contribution in [0.3, 0.4) is 0 Å². The summed E-state index contributed by atoms with van der Waals surface area (Å²) in [7, 11) is -3.34. The second kappa shape index (κ2) is 4.92. The van der Waals surface area contributed by atoms with E-state index in [4.69, 9.17) is 0 Å². The van der Waals surface area contributed by atoms with E-state index in [1.165, 1.54) is 0 Å². The Balaban J connectivity index is 2.61. The van der Waals surface area contributed by atoms with Crippen molar-refractivity contribution in [2.75, 3.05) is 6.26 Å². The molecule has 94 valence electrons. The number of hydrogen-bond acceptors (Lipinski definition) is 3. The van der Waals surface area contributed by atoms with E-state index in [0.29, 0.717) is 5.56 Å². The SMILES string of the molecule is CS(=O)(=O)c1cc(-c2ccccc2)ccc1CO. The Kier molecular flexibility index (Phi) is 3.50. The van der Waals surface area contributed by atoms with Gasteiger partial charge in [0, 0.05) is 6.26 Å². The van der Waals surface area contributed by atoms with Crippen LogP contribution in [0, 0.1) is 0 Å². The third-order valence-corrected chi connectivity index (χ3v) is 3.92. The van der Waals surface area contributed by atoms with Gasteiger partial charge in [0.2, 0.25) is 0 Å². The summed E-state index contributed by atoms with van der Waals surface area (Å²) >= 11 is 0. The van der Waals surface area contributed by atoms with Gasteiger partial charge in [0.1, 0.15) is 0 Å². The molecule has 2 rings (SSSR count). The molecule has 0 spiro atoms. The molecule has 0 unspecified atom stereocenters. The van der Waals surface area contributed by atoms with Crippen LogP contribution >= 0.6 is 0 Å². The van der Waals surface area contributed by atoms with Crippen molar-refractivity contribution >= 4 is 9.84 Å². The van der Waals surface area contributed by atoms with E-state index >= 15 is 0 Å². The smallest absolute Gasteiger partial charge is 0.175 e. The lowest BCUT2D eigenvalue weighted by Gasteiger charge is -2.08. The second-order valence-corrected chi connectivity index (χ2v) is 6.10. The monoisotopic (exact) mass is 262 g/mol. The van der Waals surface area contributed by atoms with E-state index in [2.05, 4.69) is 0 Å². The molecule has 0 aliphatic rings. The topological polar surface area (TPSA) is 54.4 Å². The van der Waals surface area contributed by atoms with Crippen molar-refractivity contribution in [3.05, 3.63) is 54.1 Å². The molecule has 0 aromatic heterocycles. The van der Waals surface area contributed by atoms with Crippen LogP contribution in [0.2, 0.25) is 0 Å². The van der Waals surface area contributed by atoms with Gasteiger partial charge in [0.25, 0.3) is 0 Å². The Hall–Kier alpha value is -1.65. The number of benzene rings is 2. The summed E-state index contributed by atoms with van der Waals surface area (Å²) in [4.78, 5) is 0.186. The van der Waals surface area contributed by atoms with E-state index in [1.807, 2.05) is 36.4 Å². The van der Waals surface area contributed by atoms with E-state index in [-0.39, 0.29) is 11.5 Å².